The molecule has 6 heteroatoms. The molecule has 1 unspecified atom stereocenters. The molecule has 2 aromatic heterocycles. The molecule has 2 rings (SSSR count). The standard InChI is InChI=1S/C13H19N5O/c1-3-9-18-11(6-8-16-18)12(17-14)10-5-4-7-15-13(10)19-2/h4-8,12,17H,3,9,14H2,1-2H3. The predicted octanol–water partition coefficient (Wildman–Crippen LogP) is 1.25. The maximum atomic E-state index is 5.71. The molecule has 0 saturated carbocycles. The number of hydrogen-bond donors (Lipinski definition) is 2. The van der Waals surface area contributed by atoms with Crippen molar-refractivity contribution in [2.75, 3.05) is 7.11 Å². The number of hydrogen-bond acceptors (Lipinski definition) is 5. The van der Waals surface area contributed by atoms with Crippen LogP contribution in [-0.2, 0) is 6.54 Å². The van der Waals surface area contributed by atoms with Crippen molar-refractivity contribution in [1.29, 1.82) is 0 Å². The molecule has 3 N–H and O–H groups in total. The number of nitrogens with one attached hydrogen (secondary N) is 1. The van der Waals surface area contributed by atoms with Crippen LogP contribution in [0, 0.1) is 0 Å². The number of aryl methyl sites for hydroxylation is 1. The van der Waals surface area contributed by atoms with Crippen molar-refractivity contribution in [1.82, 2.24) is 20.2 Å². The molecule has 0 radical (unpaired) electrons. The Morgan fingerprint density at radius 1 is 1.42 bits per heavy atom. The summed E-state index contributed by atoms with van der Waals surface area (Å²) in [4.78, 5) is 4.20. The highest BCUT2D eigenvalue weighted by Crippen LogP contribution is 2.27. The Hall–Kier alpha value is -1.92. The van der Waals surface area contributed by atoms with E-state index in [9.17, 15) is 0 Å². The topological polar surface area (TPSA) is 78.0 Å². The smallest absolute Gasteiger partial charge is 0.218 e. The minimum Gasteiger partial charge on any atom is -0.481 e. The van der Waals surface area contributed by atoms with Gasteiger partial charge in [0.15, 0.2) is 0 Å². The summed E-state index contributed by atoms with van der Waals surface area (Å²) in [7, 11) is 1.60. The van der Waals surface area contributed by atoms with Crippen LogP contribution in [0.3, 0.4) is 0 Å². The Morgan fingerprint density at radius 2 is 2.26 bits per heavy atom. The molecule has 0 saturated heterocycles. The van der Waals surface area contributed by atoms with Crippen LogP contribution in [0.1, 0.15) is 30.6 Å². The summed E-state index contributed by atoms with van der Waals surface area (Å²) < 4.78 is 7.23. The predicted molar refractivity (Wildman–Crippen MR) is 72.5 cm³/mol. The third-order valence-electron chi connectivity index (χ3n) is 2.95. The largest absolute Gasteiger partial charge is 0.481 e. The van der Waals surface area contributed by atoms with Crippen LogP contribution in [0.15, 0.2) is 30.6 Å². The van der Waals surface area contributed by atoms with Crippen molar-refractivity contribution >= 4 is 0 Å². The maximum absolute atomic E-state index is 5.71. The van der Waals surface area contributed by atoms with E-state index in [0.29, 0.717) is 5.88 Å². The first-order valence-electron chi connectivity index (χ1n) is 6.28. The molecule has 19 heavy (non-hydrogen) atoms. The van der Waals surface area contributed by atoms with Crippen LogP contribution in [0.2, 0.25) is 0 Å². The Bertz CT molecular complexity index is 525. The lowest BCUT2D eigenvalue weighted by molar-refractivity contribution is 0.385. The summed E-state index contributed by atoms with van der Waals surface area (Å²) in [6.45, 7) is 2.96. The van der Waals surface area contributed by atoms with Crippen molar-refractivity contribution < 1.29 is 4.74 Å². The summed E-state index contributed by atoms with van der Waals surface area (Å²) in [6.07, 6.45) is 4.48. The Kier molecular flexibility index (Phi) is 4.48. The third-order valence-corrected chi connectivity index (χ3v) is 2.95. The molecule has 102 valence electrons. The first kappa shape index (κ1) is 13.5. The first-order valence-corrected chi connectivity index (χ1v) is 6.28. The van der Waals surface area contributed by atoms with Gasteiger partial charge >= 0.3 is 0 Å². The molecule has 0 bridgehead atoms. The van der Waals surface area contributed by atoms with E-state index >= 15 is 0 Å². The fraction of sp³-hybridized carbons (Fsp3) is 0.385. The second-order valence-electron chi connectivity index (χ2n) is 4.18. The molecule has 0 spiro atoms. The van der Waals surface area contributed by atoms with Crippen LogP contribution in [0.25, 0.3) is 0 Å². The molecule has 0 aliphatic rings. The van der Waals surface area contributed by atoms with Gasteiger partial charge in [-0.05, 0) is 18.6 Å². The third kappa shape index (κ3) is 2.74. The average Bonchev–Trinajstić information content (AvgIpc) is 2.89. The lowest BCUT2D eigenvalue weighted by atomic mass is 10.1. The van der Waals surface area contributed by atoms with E-state index in [1.54, 1.807) is 19.5 Å². The van der Waals surface area contributed by atoms with E-state index in [1.807, 2.05) is 22.9 Å². The van der Waals surface area contributed by atoms with Crippen LogP contribution in [0.5, 0.6) is 5.88 Å². The number of hydrazine groups is 1. The molecule has 0 aliphatic carbocycles. The van der Waals surface area contributed by atoms with Gasteiger partial charge in [-0.1, -0.05) is 13.0 Å². The number of aromatic nitrogens is 3. The van der Waals surface area contributed by atoms with Crippen LogP contribution < -0.4 is 16.0 Å². The van der Waals surface area contributed by atoms with Gasteiger partial charge in [0.2, 0.25) is 5.88 Å². The number of methoxy groups -OCH3 is 1. The van der Waals surface area contributed by atoms with Gasteiger partial charge in [0.05, 0.1) is 18.8 Å². The molecule has 0 amide bonds. The summed E-state index contributed by atoms with van der Waals surface area (Å²) in [6, 6.07) is 5.56. The fourth-order valence-electron chi connectivity index (χ4n) is 2.11. The highest BCUT2D eigenvalue weighted by atomic mass is 16.5. The highest BCUT2D eigenvalue weighted by molar-refractivity contribution is 5.34. The summed E-state index contributed by atoms with van der Waals surface area (Å²) in [5.74, 6) is 6.27. The maximum Gasteiger partial charge on any atom is 0.218 e. The fourth-order valence-corrected chi connectivity index (χ4v) is 2.11. The second kappa shape index (κ2) is 6.31. The van der Waals surface area contributed by atoms with Crippen molar-refractivity contribution in [3.8, 4) is 5.88 Å². The molecule has 2 aromatic rings. The number of nitrogens with two attached hydrogens (primary N) is 1. The Balaban J connectivity index is 2.41. The van der Waals surface area contributed by atoms with Gasteiger partial charge in [-0.15, -0.1) is 0 Å². The molecule has 0 fully saturated rings. The van der Waals surface area contributed by atoms with E-state index in [0.717, 1.165) is 24.2 Å². The van der Waals surface area contributed by atoms with E-state index in [4.69, 9.17) is 10.6 Å². The zero-order valence-corrected chi connectivity index (χ0v) is 11.2. The molecule has 0 aromatic carbocycles. The van der Waals surface area contributed by atoms with E-state index in [1.165, 1.54) is 0 Å². The lowest BCUT2D eigenvalue weighted by Crippen LogP contribution is -2.31. The van der Waals surface area contributed by atoms with Crippen molar-refractivity contribution in [3.63, 3.8) is 0 Å². The summed E-state index contributed by atoms with van der Waals surface area (Å²) >= 11 is 0. The van der Waals surface area contributed by atoms with Gasteiger partial charge in [0.25, 0.3) is 0 Å². The zero-order valence-electron chi connectivity index (χ0n) is 11.2. The van der Waals surface area contributed by atoms with E-state index in [2.05, 4.69) is 22.4 Å². The van der Waals surface area contributed by atoms with Crippen LogP contribution >= 0.6 is 0 Å². The quantitative estimate of drug-likeness (QED) is 0.604. The van der Waals surface area contributed by atoms with Gasteiger partial charge < -0.3 is 4.74 Å². The van der Waals surface area contributed by atoms with Gasteiger partial charge in [-0.2, -0.15) is 5.10 Å². The number of rotatable bonds is 6. The molecule has 6 nitrogen and oxygen atoms in total. The van der Waals surface area contributed by atoms with Gasteiger partial charge in [-0.3, -0.25) is 10.5 Å². The van der Waals surface area contributed by atoms with Gasteiger partial charge in [-0.25, -0.2) is 10.4 Å². The number of pyridine rings is 1. The average molecular weight is 261 g/mol. The monoisotopic (exact) mass is 261 g/mol. The minimum absolute atomic E-state index is 0.197. The van der Waals surface area contributed by atoms with Crippen molar-refractivity contribution in [2.45, 2.75) is 25.9 Å². The molecule has 2 heterocycles. The second-order valence-corrected chi connectivity index (χ2v) is 4.18. The summed E-state index contributed by atoms with van der Waals surface area (Å²) in [5, 5.41) is 4.32. The van der Waals surface area contributed by atoms with Gasteiger partial charge in [0.1, 0.15) is 0 Å². The van der Waals surface area contributed by atoms with E-state index in [-0.39, 0.29) is 6.04 Å². The highest BCUT2D eigenvalue weighted by Gasteiger charge is 2.20. The number of ether oxygens (including phenoxy) is 1. The van der Waals surface area contributed by atoms with E-state index < -0.39 is 0 Å². The number of nitrogens with zero attached hydrogens (tertiary/aromatic N) is 3. The molecular formula is C13H19N5O. The van der Waals surface area contributed by atoms with Crippen LogP contribution in [0.4, 0.5) is 0 Å². The zero-order chi connectivity index (χ0) is 13.7. The van der Waals surface area contributed by atoms with Gasteiger partial charge in [0, 0.05) is 24.5 Å². The van der Waals surface area contributed by atoms with Crippen molar-refractivity contribution in [3.05, 3.63) is 41.9 Å². The molecular weight excluding hydrogens is 242 g/mol. The molecule has 1 atom stereocenters. The molecule has 0 aliphatic heterocycles. The Morgan fingerprint density at radius 3 is 2.95 bits per heavy atom. The van der Waals surface area contributed by atoms with Crippen molar-refractivity contribution in [2.24, 2.45) is 5.84 Å². The summed E-state index contributed by atoms with van der Waals surface area (Å²) in [5.41, 5.74) is 4.70. The Labute approximate surface area is 112 Å². The minimum atomic E-state index is -0.197. The lowest BCUT2D eigenvalue weighted by Gasteiger charge is -2.19. The SMILES string of the molecule is CCCn1nccc1C(NN)c1cccnc1OC. The van der Waals surface area contributed by atoms with Crippen LogP contribution in [-0.4, -0.2) is 21.9 Å². The normalized spacial score (nSPS) is 12.4. The first-order chi connectivity index (χ1) is 9.31.